The molecule has 0 aliphatic carbocycles. The molecule has 0 heterocycles. The van der Waals surface area contributed by atoms with E-state index in [-0.39, 0.29) is 0 Å². The molecule has 0 saturated heterocycles. The second kappa shape index (κ2) is 5.40. The first-order chi connectivity index (χ1) is 5.02. The van der Waals surface area contributed by atoms with E-state index in [1.165, 1.54) is 6.42 Å². The molecule has 0 radical (unpaired) electrons. The van der Waals surface area contributed by atoms with Crippen molar-refractivity contribution in [3.05, 3.63) is 12.2 Å². The third-order valence-electron chi connectivity index (χ3n) is 1.67. The summed E-state index contributed by atoms with van der Waals surface area (Å²) in [6.45, 7) is 11.3. The Balaban J connectivity index is 3.59. The van der Waals surface area contributed by atoms with Crippen LogP contribution in [-0.2, 0) is 0 Å². The average Bonchev–Trinajstić information content (AvgIpc) is 1.82. The van der Waals surface area contributed by atoms with Crippen molar-refractivity contribution < 1.29 is 0 Å². The molecule has 0 aromatic rings. The Bertz CT molecular complexity index is 109. The van der Waals surface area contributed by atoms with Gasteiger partial charge in [0.15, 0.2) is 0 Å². The minimum Gasteiger partial charge on any atom is -0.0857 e. The van der Waals surface area contributed by atoms with Crippen LogP contribution < -0.4 is 0 Å². The predicted molar refractivity (Wildman–Crippen MR) is 52.6 cm³/mol. The van der Waals surface area contributed by atoms with Crippen LogP contribution in [0.5, 0.6) is 0 Å². The fourth-order valence-electron chi connectivity index (χ4n) is 1.23. The normalized spacial score (nSPS) is 15.2. The summed E-state index contributed by atoms with van der Waals surface area (Å²) in [6, 6.07) is 0. The van der Waals surface area contributed by atoms with Gasteiger partial charge in [-0.2, -0.15) is 0 Å². The maximum absolute atomic E-state index is 2.34. The van der Waals surface area contributed by atoms with E-state index in [0.29, 0.717) is 5.92 Å². The van der Waals surface area contributed by atoms with E-state index < -0.39 is 0 Å². The summed E-state index contributed by atoms with van der Waals surface area (Å²) in [4.78, 5) is 0. The van der Waals surface area contributed by atoms with Crippen LogP contribution >= 0.6 is 0 Å². The Morgan fingerprint density at radius 1 is 0.909 bits per heavy atom. The Morgan fingerprint density at radius 2 is 1.45 bits per heavy atom. The Kier molecular flexibility index (Phi) is 5.27. The highest BCUT2D eigenvalue weighted by Gasteiger charge is 2.00. The minimum absolute atomic E-state index is 0.699. The fraction of sp³-hybridized carbons (Fsp3) is 0.818. The van der Waals surface area contributed by atoms with Crippen LogP contribution in [0.3, 0.4) is 0 Å². The van der Waals surface area contributed by atoms with Gasteiger partial charge in [-0.1, -0.05) is 46.8 Å². The zero-order chi connectivity index (χ0) is 8.85. The van der Waals surface area contributed by atoms with Gasteiger partial charge >= 0.3 is 0 Å². The van der Waals surface area contributed by atoms with Gasteiger partial charge in [0.2, 0.25) is 0 Å². The minimum atomic E-state index is 0.699. The van der Waals surface area contributed by atoms with Crippen molar-refractivity contribution in [2.75, 3.05) is 0 Å². The van der Waals surface area contributed by atoms with Gasteiger partial charge in [0, 0.05) is 0 Å². The van der Waals surface area contributed by atoms with E-state index in [1.807, 2.05) is 0 Å². The Labute approximate surface area is 71.7 Å². The number of hydrogen-bond donors (Lipinski definition) is 0. The fourth-order valence-corrected chi connectivity index (χ4v) is 1.23. The van der Waals surface area contributed by atoms with Gasteiger partial charge in [-0.3, -0.25) is 0 Å². The molecule has 66 valence electrons. The maximum Gasteiger partial charge on any atom is -0.0259 e. The third-order valence-corrected chi connectivity index (χ3v) is 1.67. The molecule has 0 amide bonds. The number of rotatable bonds is 4. The van der Waals surface area contributed by atoms with E-state index in [2.05, 4.69) is 46.8 Å². The molecule has 0 spiro atoms. The molecular formula is C11H22. The molecule has 0 nitrogen and oxygen atoms in total. The first-order valence-electron chi connectivity index (χ1n) is 4.70. The van der Waals surface area contributed by atoms with Gasteiger partial charge in [-0.05, 0) is 24.2 Å². The van der Waals surface area contributed by atoms with E-state index >= 15 is 0 Å². The van der Waals surface area contributed by atoms with Crippen molar-refractivity contribution in [1.82, 2.24) is 0 Å². The molecule has 0 rings (SSSR count). The van der Waals surface area contributed by atoms with E-state index in [0.717, 1.165) is 11.8 Å². The molecule has 0 aliphatic rings. The molecule has 11 heavy (non-hydrogen) atoms. The van der Waals surface area contributed by atoms with Gasteiger partial charge in [0.1, 0.15) is 0 Å². The molecular weight excluding hydrogens is 132 g/mol. The largest absolute Gasteiger partial charge is 0.0857 e. The molecule has 0 N–H and O–H groups in total. The van der Waals surface area contributed by atoms with E-state index in [1.54, 1.807) is 0 Å². The molecule has 0 aliphatic heterocycles. The van der Waals surface area contributed by atoms with Gasteiger partial charge in [0.05, 0.1) is 0 Å². The summed E-state index contributed by atoms with van der Waals surface area (Å²) in [7, 11) is 0. The topological polar surface area (TPSA) is 0 Å². The zero-order valence-electron chi connectivity index (χ0n) is 8.59. The highest BCUT2D eigenvalue weighted by atomic mass is 14.1. The van der Waals surface area contributed by atoms with Crippen LogP contribution in [0.25, 0.3) is 0 Å². The van der Waals surface area contributed by atoms with Crippen molar-refractivity contribution in [2.45, 2.75) is 41.0 Å². The van der Waals surface area contributed by atoms with Crippen LogP contribution in [0.2, 0.25) is 0 Å². The molecule has 0 fully saturated rings. The number of hydrogen-bond acceptors (Lipinski definition) is 0. The number of allylic oxidation sites excluding steroid dienone is 2. The monoisotopic (exact) mass is 154 g/mol. The van der Waals surface area contributed by atoms with Crippen LogP contribution in [0, 0.1) is 17.8 Å². The molecule has 0 heteroatoms. The summed E-state index contributed by atoms with van der Waals surface area (Å²) < 4.78 is 0. The molecule has 0 aromatic heterocycles. The third kappa shape index (κ3) is 7.64. The van der Waals surface area contributed by atoms with Gasteiger partial charge < -0.3 is 0 Å². The quantitative estimate of drug-likeness (QED) is 0.539. The molecule has 1 atom stereocenters. The smallest absolute Gasteiger partial charge is 0.0259 e. The Hall–Kier alpha value is -0.260. The average molecular weight is 154 g/mol. The maximum atomic E-state index is 2.34. The van der Waals surface area contributed by atoms with Crippen molar-refractivity contribution in [3.63, 3.8) is 0 Å². The van der Waals surface area contributed by atoms with E-state index in [4.69, 9.17) is 0 Å². The lowest BCUT2D eigenvalue weighted by molar-refractivity contribution is 0.501. The van der Waals surface area contributed by atoms with Crippen molar-refractivity contribution in [1.29, 1.82) is 0 Å². The lowest BCUT2D eigenvalue weighted by Crippen LogP contribution is -1.96. The van der Waals surface area contributed by atoms with Crippen LogP contribution in [-0.4, -0.2) is 0 Å². The first kappa shape index (κ1) is 10.7. The lowest BCUT2D eigenvalue weighted by Gasteiger charge is -2.09. The molecule has 0 saturated carbocycles. The van der Waals surface area contributed by atoms with Crippen molar-refractivity contribution in [2.24, 2.45) is 17.8 Å². The SMILES string of the molecule is CC(C)/C=C\[C@@H](C)CC(C)C. The second-order valence-corrected chi connectivity index (χ2v) is 4.24. The van der Waals surface area contributed by atoms with Gasteiger partial charge in [-0.25, -0.2) is 0 Å². The van der Waals surface area contributed by atoms with E-state index in [9.17, 15) is 0 Å². The second-order valence-electron chi connectivity index (χ2n) is 4.24. The highest BCUT2D eigenvalue weighted by molar-refractivity contribution is 4.88. The molecule has 0 aromatic carbocycles. The zero-order valence-corrected chi connectivity index (χ0v) is 8.59. The van der Waals surface area contributed by atoms with Crippen molar-refractivity contribution >= 4 is 0 Å². The highest BCUT2D eigenvalue weighted by Crippen LogP contribution is 2.12. The standard InChI is InChI=1S/C11H22/c1-9(2)6-7-11(5)8-10(3)4/h6-7,9-11H,8H2,1-5H3/b7-6-/t11-/m1/s1. The first-order valence-corrected chi connectivity index (χ1v) is 4.70. The predicted octanol–water partition coefficient (Wildman–Crippen LogP) is 3.88. The summed E-state index contributed by atoms with van der Waals surface area (Å²) in [5.41, 5.74) is 0. The summed E-state index contributed by atoms with van der Waals surface area (Å²) in [5, 5.41) is 0. The lowest BCUT2D eigenvalue weighted by atomic mass is 9.97. The summed E-state index contributed by atoms with van der Waals surface area (Å²) in [6.07, 6.45) is 5.95. The van der Waals surface area contributed by atoms with Crippen LogP contribution in [0.15, 0.2) is 12.2 Å². The van der Waals surface area contributed by atoms with Gasteiger partial charge in [0.25, 0.3) is 0 Å². The van der Waals surface area contributed by atoms with Crippen LogP contribution in [0.1, 0.15) is 41.0 Å². The van der Waals surface area contributed by atoms with Gasteiger partial charge in [-0.15, -0.1) is 0 Å². The molecule has 0 bridgehead atoms. The Morgan fingerprint density at radius 3 is 1.82 bits per heavy atom. The summed E-state index contributed by atoms with van der Waals surface area (Å²) >= 11 is 0. The van der Waals surface area contributed by atoms with Crippen LogP contribution in [0.4, 0.5) is 0 Å². The van der Waals surface area contributed by atoms with Crippen molar-refractivity contribution in [3.8, 4) is 0 Å². The molecule has 0 unspecified atom stereocenters. The summed E-state index contributed by atoms with van der Waals surface area (Å²) in [5.74, 6) is 2.27.